The molecule has 0 spiro atoms. The minimum absolute atomic E-state index is 0.244. The van der Waals surface area contributed by atoms with E-state index >= 15 is 0 Å². The molecule has 0 unspecified atom stereocenters. The molecule has 6 nitrogen and oxygen atoms in total. The van der Waals surface area contributed by atoms with Gasteiger partial charge in [-0.05, 0) is 38.0 Å². The van der Waals surface area contributed by atoms with Gasteiger partial charge in [-0.15, -0.1) is 11.3 Å². The van der Waals surface area contributed by atoms with E-state index in [2.05, 4.69) is 4.98 Å². The number of rotatable bonds is 7. The number of nitrogens with zero attached hydrogens (tertiary/aromatic N) is 2. The second kappa shape index (κ2) is 8.35. The number of hydrogen-bond acceptors (Lipinski definition) is 6. The van der Waals surface area contributed by atoms with E-state index in [0.29, 0.717) is 23.4 Å². The first-order chi connectivity index (χ1) is 13.1. The zero-order chi connectivity index (χ0) is 19.4. The summed E-state index contributed by atoms with van der Waals surface area (Å²) in [4.78, 5) is 30.2. The summed E-state index contributed by atoms with van der Waals surface area (Å²) in [6.07, 6.45) is 2.15. The molecule has 2 aromatic heterocycles. The van der Waals surface area contributed by atoms with Gasteiger partial charge >= 0.3 is 5.97 Å². The molecule has 142 valence electrons. The Bertz CT molecular complexity index is 991. The summed E-state index contributed by atoms with van der Waals surface area (Å²) in [7, 11) is 0. The minimum atomic E-state index is -0.728. The van der Waals surface area contributed by atoms with E-state index in [1.165, 1.54) is 22.2 Å². The second-order valence-electron chi connectivity index (χ2n) is 6.09. The molecule has 0 aliphatic carbocycles. The monoisotopic (exact) mass is 386 g/mol. The Hall–Kier alpha value is -2.67. The Labute approximate surface area is 161 Å². The molecule has 2 heterocycles. The van der Waals surface area contributed by atoms with Crippen molar-refractivity contribution in [1.82, 2.24) is 9.55 Å². The van der Waals surface area contributed by atoms with E-state index in [9.17, 15) is 9.59 Å². The van der Waals surface area contributed by atoms with Crippen LogP contribution in [0.1, 0.15) is 33.2 Å². The van der Waals surface area contributed by atoms with Crippen molar-refractivity contribution >= 4 is 27.5 Å². The molecule has 1 aromatic carbocycles. The lowest BCUT2D eigenvalue weighted by molar-refractivity contribution is -0.147. The summed E-state index contributed by atoms with van der Waals surface area (Å²) in [5.74, 6) is 0.349. The number of aromatic nitrogens is 2. The van der Waals surface area contributed by atoms with Crippen LogP contribution in [0.5, 0.6) is 5.75 Å². The maximum Gasteiger partial charge on any atom is 0.328 e. The first-order valence-corrected chi connectivity index (χ1v) is 9.83. The molecule has 0 aliphatic rings. The third-order valence-corrected chi connectivity index (χ3v) is 5.09. The molecule has 27 heavy (non-hydrogen) atoms. The lowest BCUT2D eigenvalue weighted by Gasteiger charge is -2.14. The lowest BCUT2D eigenvalue weighted by Crippen LogP contribution is -2.29. The number of fused-ring (bicyclic) bond motifs is 1. The van der Waals surface area contributed by atoms with E-state index in [1.807, 2.05) is 43.5 Å². The molecule has 0 bridgehead atoms. The van der Waals surface area contributed by atoms with Gasteiger partial charge in [0.05, 0.1) is 24.9 Å². The Balaban J connectivity index is 2.01. The quantitative estimate of drug-likeness (QED) is 0.573. The molecule has 3 aromatic rings. The van der Waals surface area contributed by atoms with Gasteiger partial charge in [0.1, 0.15) is 16.6 Å². The maximum absolute atomic E-state index is 13.1. The molecule has 0 radical (unpaired) electrons. The van der Waals surface area contributed by atoms with Crippen LogP contribution in [-0.2, 0) is 9.53 Å². The lowest BCUT2D eigenvalue weighted by atomic mass is 10.1. The average Bonchev–Trinajstić information content (AvgIpc) is 3.12. The van der Waals surface area contributed by atoms with Gasteiger partial charge in [0, 0.05) is 10.9 Å². The summed E-state index contributed by atoms with van der Waals surface area (Å²) < 4.78 is 12.0. The van der Waals surface area contributed by atoms with E-state index in [4.69, 9.17) is 9.47 Å². The highest BCUT2D eigenvalue weighted by Crippen LogP contribution is 2.31. The summed E-state index contributed by atoms with van der Waals surface area (Å²) in [6.45, 7) is 6.44. The van der Waals surface area contributed by atoms with Crippen molar-refractivity contribution in [3.05, 3.63) is 46.3 Å². The normalized spacial score (nSPS) is 12.1. The predicted octanol–water partition coefficient (Wildman–Crippen LogP) is 4.04. The van der Waals surface area contributed by atoms with Gasteiger partial charge in [0.2, 0.25) is 0 Å². The number of esters is 1. The SMILES string of the molecule is CCCOC(=O)[C@@H](C)n1cnc2scc(-c3ccc(OCC)cc3)c2c1=O. The molecular formula is C20H22N2O4S. The number of hydrogen-bond donors (Lipinski definition) is 0. The summed E-state index contributed by atoms with van der Waals surface area (Å²) in [5, 5.41) is 2.43. The highest BCUT2D eigenvalue weighted by Gasteiger charge is 2.21. The molecule has 0 N–H and O–H groups in total. The third kappa shape index (κ3) is 3.88. The van der Waals surface area contributed by atoms with Crippen LogP contribution in [-0.4, -0.2) is 28.7 Å². The topological polar surface area (TPSA) is 70.4 Å². The summed E-state index contributed by atoms with van der Waals surface area (Å²) in [6, 6.07) is 6.86. The molecular weight excluding hydrogens is 364 g/mol. The molecule has 0 amide bonds. The standard InChI is InChI=1S/C20H22N2O4S/c1-4-10-26-20(24)13(3)22-12-21-18-17(19(22)23)16(11-27-18)14-6-8-15(9-7-14)25-5-2/h6-9,11-13H,4-5,10H2,1-3H3/t13-/m1/s1. The van der Waals surface area contributed by atoms with Gasteiger partial charge in [-0.25, -0.2) is 9.78 Å². The van der Waals surface area contributed by atoms with E-state index < -0.39 is 12.0 Å². The van der Waals surface area contributed by atoms with Crippen molar-refractivity contribution in [2.75, 3.05) is 13.2 Å². The number of benzene rings is 1. The zero-order valence-electron chi connectivity index (χ0n) is 15.6. The third-order valence-electron chi connectivity index (χ3n) is 4.20. The van der Waals surface area contributed by atoms with Crippen LogP contribution in [0.25, 0.3) is 21.3 Å². The van der Waals surface area contributed by atoms with Crippen LogP contribution in [0.4, 0.5) is 0 Å². The Morgan fingerprint density at radius 2 is 2.00 bits per heavy atom. The van der Waals surface area contributed by atoms with Crippen molar-refractivity contribution in [1.29, 1.82) is 0 Å². The highest BCUT2D eigenvalue weighted by molar-refractivity contribution is 7.17. The van der Waals surface area contributed by atoms with E-state index in [0.717, 1.165) is 23.3 Å². The van der Waals surface area contributed by atoms with E-state index in [-0.39, 0.29) is 5.56 Å². The van der Waals surface area contributed by atoms with Crippen molar-refractivity contribution in [2.24, 2.45) is 0 Å². The van der Waals surface area contributed by atoms with Gasteiger partial charge in [0.25, 0.3) is 5.56 Å². The van der Waals surface area contributed by atoms with Crippen molar-refractivity contribution in [3.8, 4) is 16.9 Å². The number of carbonyl (C=O) groups is 1. The fraction of sp³-hybridized carbons (Fsp3) is 0.350. The first-order valence-electron chi connectivity index (χ1n) is 8.95. The Kier molecular flexibility index (Phi) is 5.91. The van der Waals surface area contributed by atoms with Gasteiger partial charge in [0.15, 0.2) is 0 Å². The van der Waals surface area contributed by atoms with Crippen molar-refractivity contribution in [2.45, 2.75) is 33.2 Å². The van der Waals surface area contributed by atoms with Crippen LogP contribution >= 0.6 is 11.3 Å². The van der Waals surface area contributed by atoms with Gasteiger partial charge in [-0.1, -0.05) is 19.1 Å². The highest BCUT2D eigenvalue weighted by atomic mass is 32.1. The number of carbonyl (C=O) groups excluding carboxylic acids is 1. The van der Waals surface area contributed by atoms with Crippen molar-refractivity contribution < 1.29 is 14.3 Å². The Morgan fingerprint density at radius 1 is 1.26 bits per heavy atom. The maximum atomic E-state index is 13.1. The van der Waals surface area contributed by atoms with Gasteiger partial charge < -0.3 is 9.47 Å². The smallest absolute Gasteiger partial charge is 0.328 e. The summed E-state index contributed by atoms with van der Waals surface area (Å²) in [5.41, 5.74) is 1.47. The summed E-state index contributed by atoms with van der Waals surface area (Å²) >= 11 is 1.41. The minimum Gasteiger partial charge on any atom is -0.494 e. The van der Waals surface area contributed by atoms with Crippen LogP contribution in [0.3, 0.4) is 0 Å². The van der Waals surface area contributed by atoms with E-state index in [1.54, 1.807) is 6.92 Å². The van der Waals surface area contributed by atoms with Crippen LogP contribution < -0.4 is 10.3 Å². The fourth-order valence-corrected chi connectivity index (χ4v) is 3.67. The van der Waals surface area contributed by atoms with Gasteiger partial charge in [-0.3, -0.25) is 9.36 Å². The molecule has 0 fully saturated rings. The fourth-order valence-electron chi connectivity index (χ4n) is 2.77. The van der Waals surface area contributed by atoms with Crippen molar-refractivity contribution in [3.63, 3.8) is 0 Å². The predicted molar refractivity (Wildman–Crippen MR) is 106 cm³/mol. The number of thiophene rings is 1. The molecule has 3 rings (SSSR count). The second-order valence-corrected chi connectivity index (χ2v) is 6.95. The first kappa shape index (κ1) is 19.1. The average molecular weight is 386 g/mol. The van der Waals surface area contributed by atoms with Crippen LogP contribution in [0.2, 0.25) is 0 Å². The molecule has 0 aliphatic heterocycles. The number of ether oxygens (including phenoxy) is 2. The van der Waals surface area contributed by atoms with Gasteiger partial charge in [-0.2, -0.15) is 0 Å². The molecule has 0 saturated heterocycles. The molecule has 1 atom stereocenters. The largest absolute Gasteiger partial charge is 0.494 e. The zero-order valence-corrected chi connectivity index (χ0v) is 16.4. The molecule has 0 saturated carbocycles. The van der Waals surface area contributed by atoms with Crippen LogP contribution in [0, 0.1) is 0 Å². The molecule has 7 heteroatoms. The van der Waals surface area contributed by atoms with Crippen LogP contribution in [0.15, 0.2) is 40.8 Å². The Morgan fingerprint density at radius 3 is 2.67 bits per heavy atom.